The summed E-state index contributed by atoms with van der Waals surface area (Å²) in [4.78, 5) is 27.9. The first-order chi connectivity index (χ1) is 11.7. The van der Waals surface area contributed by atoms with E-state index in [4.69, 9.17) is 4.74 Å². The first-order valence-corrected chi connectivity index (χ1v) is 8.97. The van der Waals surface area contributed by atoms with Gasteiger partial charge in [0.1, 0.15) is 17.9 Å². The highest BCUT2D eigenvalue weighted by Crippen LogP contribution is 2.41. The van der Waals surface area contributed by atoms with Gasteiger partial charge in [0.25, 0.3) is 5.91 Å². The molecule has 1 spiro atoms. The number of carbonyl (C=O) groups excluding carboxylic acids is 2. The van der Waals surface area contributed by atoms with Gasteiger partial charge in [-0.05, 0) is 42.8 Å². The van der Waals surface area contributed by atoms with Gasteiger partial charge in [-0.15, -0.1) is 11.3 Å². The lowest BCUT2D eigenvalue weighted by molar-refractivity contribution is -0.132. The fourth-order valence-corrected chi connectivity index (χ4v) is 4.52. The maximum atomic E-state index is 13.0. The Morgan fingerprint density at radius 1 is 1.21 bits per heavy atom. The normalized spacial score (nSPS) is 22.6. The number of nitrogens with one attached hydrogen (secondary N) is 1. The van der Waals surface area contributed by atoms with Crippen molar-refractivity contribution in [2.45, 2.75) is 24.8 Å². The Balaban J connectivity index is 1.49. The van der Waals surface area contributed by atoms with Gasteiger partial charge in [-0.3, -0.25) is 9.69 Å². The van der Waals surface area contributed by atoms with Crippen LogP contribution in [0, 0.1) is 0 Å². The summed E-state index contributed by atoms with van der Waals surface area (Å²) in [6.45, 7) is 0.538. The molecule has 3 amide bonds. The number of aryl methyl sites for hydroxylation is 1. The van der Waals surface area contributed by atoms with E-state index in [1.807, 2.05) is 41.8 Å². The van der Waals surface area contributed by atoms with Crippen LogP contribution in [-0.2, 0) is 16.8 Å². The van der Waals surface area contributed by atoms with Crippen molar-refractivity contribution in [3.63, 3.8) is 0 Å². The number of rotatable bonds is 4. The van der Waals surface area contributed by atoms with Crippen molar-refractivity contribution in [2.24, 2.45) is 0 Å². The van der Waals surface area contributed by atoms with Crippen LogP contribution in [0.25, 0.3) is 0 Å². The van der Waals surface area contributed by atoms with Crippen molar-refractivity contribution in [1.82, 2.24) is 10.2 Å². The van der Waals surface area contributed by atoms with Crippen molar-refractivity contribution >= 4 is 23.3 Å². The first-order valence-electron chi connectivity index (χ1n) is 8.09. The summed E-state index contributed by atoms with van der Waals surface area (Å²) in [5, 5.41) is 4.95. The summed E-state index contributed by atoms with van der Waals surface area (Å²) >= 11 is 1.66. The predicted octanol–water partition coefficient (Wildman–Crippen LogP) is 2.91. The molecule has 4 rings (SSSR count). The third-order valence-electron chi connectivity index (χ3n) is 4.66. The van der Waals surface area contributed by atoms with Crippen LogP contribution in [0.4, 0.5) is 4.79 Å². The van der Waals surface area contributed by atoms with E-state index in [2.05, 4.69) is 5.32 Å². The summed E-state index contributed by atoms with van der Waals surface area (Å²) in [6, 6.07) is 11.0. The van der Waals surface area contributed by atoms with Crippen LogP contribution in [0.3, 0.4) is 0 Å². The van der Waals surface area contributed by atoms with Gasteiger partial charge in [-0.25, -0.2) is 4.79 Å². The fraction of sp³-hybridized carbons (Fsp3) is 0.333. The molecule has 0 saturated carbocycles. The molecule has 1 aromatic heterocycles. The molecule has 5 nitrogen and oxygen atoms in total. The number of imide groups is 1. The van der Waals surface area contributed by atoms with Crippen LogP contribution in [0.5, 0.6) is 5.75 Å². The molecular formula is C18H18N2O3S. The Morgan fingerprint density at radius 3 is 2.88 bits per heavy atom. The van der Waals surface area contributed by atoms with Gasteiger partial charge in [-0.1, -0.05) is 18.2 Å². The highest BCUT2D eigenvalue weighted by molar-refractivity contribution is 7.10. The SMILES string of the molecule is O=C1N[C@]2(CCCc3sccc32)C(=O)N1CCOc1ccccc1. The van der Waals surface area contributed by atoms with Crippen LogP contribution >= 0.6 is 11.3 Å². The molecule has 1 N–H and O–H groups in total. The van der Waals surface area contributed by atoms with Crippen molar-refractivity contribution in [3.8, 4) is 5.75 Å². The molecule has 1 aromatic carbocycles. The molecule has 124 valence electrons. The Labute approximate surface area is 144 Å². The second kappa shape index (κ2) is 5.94. The van der Waals surface area contributed by atoms with Crippen LogP contribution in [-0.4, -0.2) is 30.0 Å². The van der Waals surface area contributed by atoms with Crippen LogP contribution < -0.4 is 10.1 Å². The zero-order valence-electron chi connectivity index (χ0n) is 13.2. The molecular weight excluding hydrogens is 324 g/mol. The summed E-state index contributed by atoms with van der Waals surface area (Å²) in [6.07, 6.45) is 2.56. The third kappa shape index (κ3) is 2.38. The first kappa shape index (κ1) is 15.2. The summed E-state index contributed by atoms with van der Waals surface area (Å²) in [5.41, 5.74) is 0.112. The van der Waals surface area contributed by atoms with E-state index in [1.165, 1.54) is 9.78 Å². The molecule has 1 fully saturated rings. The number of urea groups is 1. The topological polar surface area (TPSA) is 58.6 Å². The predicted molar refractivity (Wildman–Crippen MR) is 91.1 cm³/mol. The summed E-state index contributed by atoms with van der Waals surface area (Å²) < 4.78 is 5.62. The molecule has 1 saturated heterocycles. The largest absolute Gasteiger partial charge is 0.492 e. The van der Waals surface area contributed by atoms with Gasteiger partial charge in [0.15, 0.2) is 0 Å². The number of fused-ring (bicyclic) bond motifs is 2. The Morgan fingerprint density at radius 2 is 2.04 bits per heavy atom. The molecule has 1 aliphatic carbocycles. The minimum absolute atomic E-state index is 0.150. The molecule has 2 aromatic rings. The zero-order valence-corrected chi connectivity index (χ0v) is 14.0. The van der Waals surface area contributed by atoms with Crippen molar-refractivity contribution in [3.05, 3.63) is 52.2 Å². The maximum Gasteiger partial charge on any atom is 0.325 e. The molecule has 2 aliphatic rings. The highest BCUT2D eigenvalue weighted by atomic mass is 32.1. The quantitative estimate of drug-likeness (QED) is 0.869. The molecule has 2 heterocycles. The van der Waals surface area contributed by atoms with Gasteiger partial charge in [0.05, 0.1) is 6.54 Å². The van der Waals surface area contributed by atoms with Gasteiger partial charge in [-0.2, -0.15) is 0 Å². The standard InChI is InChI=1S/C18H18N2O3S/c21-16-18(9-4-7-15-14(18)8-12-24-15)19-17(22)20(16)10-11-23-13-5-2-1-3-6-13/h1-3,5-6,8,12H,4,7,9-11H2,(H,19,22)/t18-/m0/s1. The van der Waals surface area contributed by atoms with E-state index in [0.29, 0.717) is 6.42 Å². The van der Waals surface area contributed by atoms with E-state index in [-0.39, 0.29) is 25.1 Å². The molecule has 0 radical (unpaired) electrons. The van der Waals surface area contributed by atoms with Crippen LogP contribution in [0.15, 0.2) is 41.8 Å². The smallest absolute Gasteiger partial charge is 0.325 e. The number of benzene rings is 1. The van der Waals surface area contributed by atoms with Gasteiger partial charge >= 0.3 is 6.03 Å². The molecule has 1 atom stereocenters. The van der Waals surface area contributed by atoms with Crippen molar-refractivity contribution in [2.75, 3.05) is 13.2 Å². The molecule has 1 aliphatic heterocycles. The fourth-order valence-electron chi connectivity index (χ4n) is 3.52. The van der Waals surface area contributed by atoms with E-state index in [9.17, 15) is 9.59 Å². The number of amides is 3. The van der Waals surface area contributed by atoms with Crippen molar-refractivity contribution in [1.29, 1.82) is 0 Å². The molecule has 24 heavy (non-hydrogen) atoms. The Bertz CT molecular complexity index is 774. The average molecular weight is 342 g/mol. The van der Waals surface area contributed by atoms with E-state index in [1.54, 1.807) is 11.3 Å². The van der Waals surface area contributed by atoms with Gasteiger partial charge < -0.3 is 10.1 Å². The summed E-state index contributed by atoms with van der Waals surface area (Å²) in [7, 11) is 0. The van der Waals surface area contributed by atoms with E-state index in [0.717, 1.165) is 24.2 Å². The average Bonchev–Trinajstić information content (AvgIpc) is 3.16. The number of hydrogen-bond donors (Lipinski definition) is 1. The number of ether oxygens (including phenoxy) is 1. The number of nitrogens with zero attached hydrogens (tertiary/aromatic N) is 1. The number of hydrogen-bond acceptors (Lipinski definition) is 4. The zero-order chi connectivity index (χ0) is 16.6. The van der Waals surface area contributed by atoms with Crippen molar-refractivity contribution < 1.29 is 14.3 Å². The number of para-hydroxylation sites is 1. The van der Waals surface area contributed by atoms with Gasteiger partial charge in [0, 0.05) is 10.4 Å². The number of carbonyl (C=O) groups is 2. The van der Waals surface area contributed by atoms with Gasteiger partial charge in [0.2, 0.25) is 0 Å². The lowest BCUT2D eigenvalue weighted by atomic mass is 9.80. The molecule has 0 unspecified atom stereocenters. The van der Waals surface area contributed by atoms with E-state index >= 15 is 0 Å². The lowest BCUT2D eigenvalue weighted by Gasteiger charge is -2.31. The minimum Gasteiger partial charge on any atom is -0.492 e. The molecule has 0 bridgehead atoms. The van der Waals surface area contributed by atoms with Crippen LogP contribution in [0.2, 0.25) is 0 Å². The molecule has 6 heteroatoms. The monoisotopic (exact) mass is 342 g/mol. The van der Waals surface area contributed by atoms with Crippen LogP contribution in [0.1, 0.15) is 23.3 Å². The second-order valence-corrected chi connectivity index (χ2v) is 7.07. The van der Waals surface area contributed by atoms with E-state index < -0.39 is 5.54 Å². The number of thiophene rings is 1. The Kier molecular flexibility index (Phi) is 3.76. The third-order valence-corrected chi connectivity index (χ3v) is 5.64. The Hall–Kier alpha value is -2.34. The highest BCUT2D eigenvalue weighted by Gasteiger charge is 2.54. The maximum absolute atomic E-state index is 13.0. The minimum atomic E-state index is -0.864. The lowest BCUT2D eigenvalue weighted by Crippen LogP contribution is -2.46. The summed E-state index contributed by atoms with van der Waals surface area (Å²) in [5.74, 6) is 0.584. The second-order valence-electron chi connectivity index (χ2n) is 6.06.